The molecule has 0 spiro atoms. The molecule has 0 aliphatic rings. The Labute approximate surface area is 114 Å². The highest BCUT2D eigenvalue weighted by molar-refractivity contribution is 9.11. The van der Waals surface area contributed by atoms with Crippen LogP contribution in [0.5, 0.6) is 0 Å². The van der Waals surface area contributed by atoms with Gasteiger partial charge in [0, 0.05) is 8.95 Å². The fraction of sp³-hybridized carbons (Fsp3) is 0. The lowest BCUT2D eigenvalue weighted by Crippen LogP contribution is -1.97. The predicted octanol–water partition coefficient (Wildman–Crippen LogP) is 3.92. The molecule has 1 aromatic carbocycles. The molecule has 80 valence electrons. The van der Waals surface area contributed by atoms with Crippen molar-refractivity contribution in [3.05, 3.63) is 44.1 Å². The molecule has 0 unspecified atom stereocenters. The number of halogens is 3. The molecular weight excluding hydrogens is 357 g/mol. The molecule has 0 N–H and O–H groups in total. The zero-order valence-electron chi connectivity index (χ0n) is 7.78. The van der Waals surface area contributed by atoms with Crippen molar-refractivity contribution >= 4 is 43.5 Å². The SMILES string of the molecule is N#Cc1cnn(-c2ccc(Br)cc2Br)c1Cl. The van der Waals surface area contributed by atoms with Gasteiger partial charge in [0.15, 0.2) is 5.15 Å². The van der Waals surface area contributed by atoms with Crippen molar-refractivity contribution in [1.82, 2.24) is 9.78 Å². The van der Waals surface area contributed by atoms with Gasteiger partial charge in [-0.25, -0.2) is 4.68 Å². The number of hydrogen-bond acceptors (Lipinski definition) is 2. The second-order valence-corrected chi connectivity index (χ2v) is 5.10. The largest absolute Gasteiger partial charge is 0.220 e. The van der Waals surface area contributed by atoms with Crippen molar-refractivity contribution in [3.63, 3.8) is 0 Å². The van der Waals surface area contributed by atoms with Crippen LogP contribution in [0, 0.1) is 11.3 Å². The molecule has 2 rings (SSSR count). The highest BCUT2D eigenvalue weighted by Crippen LogP contribution is 2.28. The van der Waals surface area contributed by atoms with E-state index in [9.17, 15) is 0 Å². The number of hydrogen-bond donors (Lipinski definition) is 0. The highest BCUT2D eigenvalue weighted by Gasteiger charge is 2.11. The lowest BCUT2D eigenvalue weighted by Gasteiger charge is -2.05. The van der Waals surface area contributed by atoms with Gasteiger partial charge in [0.05, 0.1) is 11.9 Å². The van der Waals surface area contributed by atoms with E-state index >= 15 is 0 Å². The number of rotatable bonds is 1. The lowest BCUT2D eigenvalue weighted by molar-refractivity contribution is 0.876. The molecule has 16 heavy (non-hydrogen) atoms. The molecule has 2 aromatic rings. The van der Waals surface area contributed by atoms with Gasteiger partial charge in [0.1, 0.15) is 11.6 Å². The quantitative estimate of drug-likeness (QED) is 0.772. The summed E-state index contributed by atoms with van der Waals surface area (Å²) in [6, 6.07) is 7.60. The Morgan fingerprint density at radius 2 is 2.12 bits per heavy atom. The Morgan fingerprint density at radius 3 is 2.69 bits per heavy atom. The molecule has 6 heteroatoms. The van der Waals surface area contributed by atoms with Crippen LogP contribution in [0.2, 0.25) is 5.15 Å². The third-order valence-electron chi connectivity index (χ3n) is 1.97. The molecule has 0 amide bonds. The minimum atomic E-state index is 0.311. The molecule has 0 bridgehead atoms. The van der Waals surface area contributed by atoms with Crippen molar-refractivity contribution in [1.29, 1.82) is 5.26 Å². The monoisotopic (exact) mass is 359 g/mol. The van der Waals surface area contributed by atoms with Crippen molar-refractivity contribution in [2.45, 2.75) is 0 Å². The zero-order valence-corrected chi connectivity index (χ0v) is 11.7. The second kappa shape index (κ2) is 4.58. The molecule has 0 atom stereocenters. The fourth-order valence-electron chi connectivity index (χ4n) is 1.23. The summed E-state index contributed by atoms with van der Waals surface area (Å²) in [7, 11) is 0. The van der Waals surface area contributed by atoms with Gasteiger partial charge in [0.2, 0.25) is 0 Å². The molecular formula is C10H4Br2ClN3. The number of aromatic nitrogens is 2. The molecule has 0 saturated heterocycles. The van der Waals surface area contributed by atoms with Crippen molar-refractivity contribution < 1.29 is 0 Å². The second-order valence-electron chi connectivity index (χ2n) is 2.97. The highest BCUT2D eigenvalue weighted by atomic mass is 79.9. The molecule has 1 aromatic heterocycles. The molecule has 1 heterocycles. The first kappa shape index (κ1) is 11.6. The van der Waals surface area contributed by atoms with Gasteiger partial charge in [-0.2, -0.15) is 10.4 Å². The summed E-state index contributed by atoms with van der Waals surface area (Å²) in [4.78, 5) is 0. The minimum absolute atomic E-state index is 0.311. The van der Waals surface area contributed by atoms with Crippen molar-refractivity contribution in [3.8, 4) is 11.8 Å². The van der Waals surface area contributed by atoms with E-state index in [1.54, 1.807) is 0 Å². The topological polar surface area (TPSA) is 41.6 Å². The van der Waals surface area contributed by atoms with Gasteiger partial charge in [-0.15, -0.1) is 0 Å². The number of nitrogens with zero attached hydrogens (tertiary/aromatic N) is 3. The van der Waals surface area contributed by atoms with E-state index in [-0.39, 0.29) is 0 Å². The van der Waals surface area contributed by atoms with Crippen molar-refractivity contribution in [2.75, 3.05) is 0 Å². The molecule has 0 aliphatic carbocycles. The van der Waals surface area contributed by atoms with E-state index in [2.05, 4.69) is 37.0 Å². The smallest absolute Gasteiger partial charge is 0.150 e. The molecule has 3 nitrogen and oxygen atoms in total. The van der Waals surface area contributed by atoms with E-state index in [4.69, 9.17) is 16.9 Å². The predicted molar refractivity (Wildman–Crippen MR) is 68.7 cm³/mol. The maximum atomic E-state index is 8.79. The van der Waals surface area contributed by atoms with Crippen LogP contribution in [0.25, 0.3) is 5.69 Å². The summed E-state index contributed by atoms with van der Waals surface area (Å²) < 4.78 is 3.31. The molecule has 0 fully saturated rings. The average Bonchev–Trinajstić information content (AvgIpc) is 2.60. The van der Waals surface area contributed by atoms with Gasteiger partial charge in [0.25, 0.3) is 0 Å². The normalized spacial score (nSPS) is 10.1. The zero-order chi connectivity index (χ0) is 11.7. The lowest BCUT2D eigenvalue weighted by atomic mass is 10.3. The Balaban J connectivity index is 2.60. The number of nitriles is 1. The van der Waals surface area contributed by atoms with Crippen LogP contribution in [0.1, 0.15) is 5.56 Å². The van der Waals surface area contributed by atoms with Crippen molar-refractivity contribution in [2.24, 2.45) is 0 Å². The molecule has 0 aliphatic heterocycles. The summed E-state index contributed by atoms with van der Waals surface area (Å²) in [5.74, 6) is 0. The van der Waals surface area contributed by atoms with Crippen LogP contribution in [-0.4, -0.2) is 9.78 Å². The first-order chi connectivity index (χ1) is 7.63. The maximum absolute atomic E-state index is 8.79. The van der Waals surface area contributed by atoms with Crippen LogP contribution in [0.3, 0.4) is 0 Å². The third kappa shape index (κ3) is 2.01. The molecule has 0 saturated carbocycles. The Bertz CT molecular complexity index is 586. The third-order valence-corrected chi connectivity index (χ3v) is 3.46. The van der Waals surface area contributed by atoms with Crippen LogP contribution < -0.4 is 0 Å². The summed E-state index contributed by atoms with van der Waals surface area (Å²) >= 11 is 12.8. The summed E-state index contributed by atoms with van der Waals surface area (Å²) in [6.07, 6.45) is 1.44. The average molecular weight is 361 g/mol. The van der Waals surface area contributed by atoms with Crippen LogP contribution in [-0.2, 0) is 0 Å². The van der Waals surface area contributed by atoms with Gasteiger partial charge < -0.3 is 0 Å². The van der Waals surface area contributed by atoms with Crippen LogP contribution in [0.15, 0.2) is 33.3 Å². The van der Waals surface area contributed by atoms with E-state index in [1.165, 1.54) is 10.9 Å². The summed E-state index contributed by atoms with van der Waals surface area (Å²) in [5.41, 5.74) is 1.14. The maximum Gasteiger partial charge on any atom is 0.150 e. The Morgan fingerprint density at radius 1 is 1.38 bits per heavy atom. The standard InChI is InChI=1S/C10H4Br2ClN3/c11-7-1-2-9(8(12)3-7)16-10(13)6(4-14)5-15-16/h1-3,5H. The minimum Gasteiger partial charge on any atom is -0.220 e. The molecule has 0 radical (unpaired) electrons. The van der Waals surface area contributed by atoms with E-state index in [0.717, 1.165) is 14.6 Å². The number of benzene rings is 1. The first-order valence-electron chi connectivity index (χ1n) is 4.22. The Kier molecular flexibility index (Phi) is 3.33. The first-order valence-corrected chi connectivity index (χ1v) is 6.19. The Hall–Kier alpha value is -0.830. The van der Waals surface area contributed by atoms with Crippen LogP contribution in [0.4, 0.5) is 0 Å². The van der Waals surface area contributed by atoms with Crippen LogP contribution >= 0.6 is 43.5 Å². The summed E-state index contributed by atoms with van der Waals surface area (Å²) in [6.45, 7) is 0. The van der Waals surface area contributed by atoms with Gasteiger partial charge >= 0.3 is 0 Å². The van der Waals surface area contributed by atoms with E-state index in [0.29, 0.717) is 10.7 Å². The van der Waals surface area contributed by atoms with Gasteiger partial charge in [-0.05, 0) is 34.1 Å². The fourth-order valence-corrected chi connectivity index (χ4v) is 2.67. The van der Waals surface area contributed by atoms with Gasteiger partial charge in [-0.1, -0.05) is 27.5 Å². The van der Waals surface area contributed by atoms with E-state index < -0.39 is 0 Å². The van der Waals surface area contributed by atoms with Gasteiger partial charge in [-0.3, -0.25) is 0 Å². The van der Waals surface area contributed by atoms with E-state index in [1.807, 2.05) is 24.3 Å². The summed E-state index contributed by atoms with van der Waals surface area (Å²) in [5, 5.41) is 13.2.